The van der Waals surface area contributed by atoms with Crippen LogP contribution in [0.1, 0.15) is 81.1 Å². The van der Waals surface area contributed by atoms with E-state index in [1.807, 2.05) is 43.4 Å². The summed E-state index contributed by atoms with van der Waals surface area (Å²) in [4.78, 5) is 26.6. The van der Waals surface area contributed by atoms with Crippen LogP contribution in [0.25, 0.3) is 0 Å². The van der Waals surface area contributed by atoms with Crippen LogP contribution in [0.2, 0.25) is 0 Å². The van der Waals surface area contributed by atoms with Gasteiger partial charge in [-0.3, -0.25) is 14.2 Å². The summed E-state index contributed by atoms with van der Waals surface area (Å²) in [6.45, 7) is 15.7. The Bertz CT molecular complexity index is 802. The molecule has 1 heterocycles. The van der Waals surface area contributed by atoms with Crippen LogP contribution in [0.15, 0.2) is 0 Å². The van der Waals surface area contributed by atoms with Gasteiger partial charge >= 0.3 is 13.6 Å². The highest BCUT2D eigenvalue weighted by Crippen LogP contribution is 2.48. The van der Waals surface area contributed by atoms with Crippen LogP contribution in [0, 0.1) is 23.7 Å². The van der Waals surface area contributed by atoms with Gasteiger partial charge in [0.2, 0.25) is 0 Å². The Hall–Kier alpha value is -0.100. The first kappa shape index (κ1) is 35.9. The van der Waals surface area contributed by atoms with Crippen molar-refractivity contribution in [3.8, 4) is 0 Å². The van der Waals surface area contributed by atoms with Gasteiger partial charge in [0.05, 0.1) is 30.9 Å². The van der Waals surface area contributed by atoms with Crippen LogP contribution in [0.3, 0.4) is 0 Å². The predicted molar refractivity (Wildman–Crippen MR) is 158 cm³/mol. The highest BCUT2D eigenvalue weighted by atomic mass is 127. The third-order valence-electron chi connectivity index (χ3n) is 7.54. The van der Waals surface area contributed by atoms with Crippen LogP contribution in [0.4, 0.5) is 0 Å². The van der Waals surface area contributed by atoms with Gasteiger partial charge in [0.15, 0.2) is 4.11 Å². The van der Waals surface area contributed by atoms with Crippen molar-refractivity contribution in [1.82, 2.24) is 5.32 Å². The first-order valence-electron chi connectivity index (χ1n) is 13.8. The van der Waals surface area contributed by atoms with E-state index in [0.717, 1.165) is 0 Å². The number of esters is 1. The summed E-state index contributed by atoms with van der Waals surface area (Å²) in [5.41, 5.74) is -2.09. The van der Waals surface area contributed by atoms with E-state index in [4.69, 9.17) is 18.5 Å². The van der Waals surface area contributed by atoms with Gasteiger partial charge in [0.1, 0.15) is 11.4 Å². The van der Waals surface area contributed by atoms with Crippen LogP contribution >= 0.6 is 30.2 Å². The van der Waals surface area contributed by atoms with Crippen LogP contribution in [0.5, 0.6) is 0 Å². The van der Waals surface area contributed by atoms with Gasteiger partial charge in [-0.25, -0.2) is 0 Å². The molecule has 0 radical (unpaired) electrons. The molecule has 0 aliphatic carbocycles. The summed E-state index contributed by atoms with van der Waals surface area (Å²) in [5, 5.41) is 15.0. The maximum Gasteiger partial charge on any atom is 0.330 e. The summed E-state index contributed by atoms with van der Waals surface area (Å²) >= 11 is 1.94. The maximum absolute atomic E-state index is 13.7. The molecule has 1 rings (SSSR count). The van der Waals surface area contributed by atoms with Crippen LogP contribution in [-0.2, 0) is 32.7 Å². The van der Waals surface area contributed by atoms with E-state index < -0.39 is 34.9 Å². The molecule has 0 aromatic rings. The molecule has 1 saturated heterocycles. The first-order chi connectivity index (χ1) is 17.6. The van der Waals surface area contributed by atoms with E-state index in [-0.39, 0.29) is 48.9 Å². The molecule has 8 atom stereocenters. The van der Waals surface area contributed by atoms with Crippen molar-refractivity contribution < 1.29 is 37.8 Å². The monoisotopic (exact) mass is 675 g/mol. The molecule has 1 fully saturated rings. The number of cyclic esters (lactones) is 1. The van der Waals surface area contributed by atoms with Crippen molar-refractivity contribution in [1.29, 1.82) is 0 Å². The topological polar surface area (TPSA) is 120 Å². The number of methoxy groups -OCH3 is 1. The standard InChI is InChI=1S/C27H51INO8P/c1-10-35-38(33,36-11-2)14-12-13-29-23-21(6)22(30)20(5)17-26(7,34-9)16-18(3)15-19(4)24(31)37-25(28)27(23,8)32/h18-21,23,25,29,32H,10-17H2,1-9H3/t18-,19+,20+,21-,23+,25-,26-,27-/m0/s1. The third-order valence-corrected chi connectivity index (χ3v) is 11.2. The molecule has 0 aromatic carbocycles. The number of hydrogen-bond donors (Lipinski definition) is 2. The van der Waals surface area contributed by atoms with Crippen molar-refractivity contribution in [3.05, 3.63) is 0 Å². The molecule has 9 nitrogen and oxygen atoms in total. The van der Waals surface area contributed by atoms with Crippen molar-refractivity contribution >= 4 is 41.9 Å². The highest BCUT2D eigenvalue weighted by Gasteiger charge is 2.47. The molecule has 11 heteroatoms. The van der Waals surface area contributed by atoms with E-state index in [0.29, 0.717) is 32.2 Å². The van der Waals surface area contributed by atoms with E-state index in [1.165, 1.54) is 0 Å². The minimum atomic E-state index is -3.21. The number of ketones is 1. The van der Waals surface area contributed by atoms with E-state index in [9.17, 15) is 19.3 Å². The Morgan fingerprint density at radius 1 is 1.08 bits per heavy atom. The summed E-state index contributed by atoms with van der Waals surface area (Å²) in [6.07, 6.45) is 2.51. The molecule has 0 saturated carbocycles. The number of carbonyl (C=O) groups is 2. The van der Waals surface area contributed by atoms with Crippen molar-refractivity contribution in [2.75, 3.05) is 33.0 Å². The van der Waals surface area contributed by atoms with E-state index in [1.54, 1.807) is 34.8 Å². The summed E-state index contributed by atoms with van der Waals surface area (Å²) < 4.78 is 34.3. The van der Waals surface area contributed by atoms with Gasteiger partial charge in [-0.1, -0.05) is 27.7 Å². The molecular weight excluding hydrogens is 624 g/mol. The molecule has 1 aliphatic rings. The Balaban J connectivity index is 3.25. The molecule has 0 spiro atoms. The molecule has 38 heavy (non-hydrogen) atoms. The fraction of sp³-hybridized carbons (Fsp3) is 0.926. The minimum absolute atomic E-state index is 0.00615. The van der Waals surface area contributed by atoms with E-state index >= 15 is 0 Å². The molecule has 2 N–H and O–H groups in total. The van der Waals surface area contributed by atoms with Crippen molar-refractivity contribution in [2.24, 2.45) is 23.7 Å². The van der Waals surface area contributed by atoms with Gasteiger partial charge in [0.25, 0.3) is 0 Å². The fourth-order valence-corrected chi connectivity index (χ4v) is 7.89. The number of halogens is 1. The SMILES string of the molecule is CCOP(=O)(CCCN[C@@H]1[C@@H](C)C(=O)[C@H](C)C[C@@](C)(OC)C[C@@H](C)C[C@@H](C)C(=O)O[C@H](I)[C@@]1(C)O)OCC. The quantitative estimate of drug-likeness (QED) is 0.104. The van der Waals surface area contributed by atoms with Crippen LogP contribution in [-0.4, -0.2) is 71.2 Å². The smallest absolute Gasteiger partial charge is 0.330 e. The normalized spacial score (nSPS) is 36.5. The second kappa shape index (κ2) is 15.8. The van der Waals surface area contributed by atoms with E-state index in [2.05, 4.69) is 12.2 Å². The number of aliphatic hydroxyl groups is 1. The zero-order chi connectivity index (χ0) is 29.3. The molecule has 224 valence electrons. The fourth-order valence-electron chi connectivity index (χ4n) is 5.59. The van der Waals surface area contributed by atoms with Gasteiger partial charge in [-0.05, 0) is 88.4 Å². The maximum atomic E-state index is 13.7. The number of rotatable bonds is 10. The lowest BCUT2D eigenvalue weighted by molar-refractivity contribution is -0.161. The first-order valence-corrected chi connectivity index (χ1v) is 16.8. The summed E-state index contributed by atoms with van der Waals surface area (Å²) in [5.74, 6) is -1.47. The Labute approximate surface area is 243 Å². The Kier molecular flexibility index (Phi) is 14.9. The van der Waals surface area contributed by atoms with Crippen LogP contribution < -0.4 is 5.32 Å². The number of carbonyl (C=O) groups excluding carboxylic acids is 2. The number of alkyl halides is 1. The zero-order valence-electron chi connectivity index (χ0n) is 24.8. The second-order valence-corrected chi connectivity index (χ2v) is 14.6. The summed E-state index contributed by atoms with van der Waals surface area (Å²) in [7, 11) is -1.55. The van der Waals surface area contributed by atoms with Gasteiger partial charge in [-0.15, -0.1) is 0 Å². The second-order valence-electron chi connectivity index (χ2n) is 11.3. The van der Waals surface area contributed by atoms with Gasteiger partial charge in [-0.2, -0.15) is 0 Å². The molecule has 0 bridgehead atoms. The molecule has 0 aromatic heterocycles. The summed E-state index contributed by atoms with van der Waals surface area (Å²) in [6, 6.07) is -0.725. The third kappa shape index (κ3) is 10.4. The highest BCUT2D eigenvalue weighted by molar-refractivity contribution is 14.1. The minimum Gasteiger partial charge on any atom is -0.448 e. The zero-order valence-corrected chi connectivity index (χ0v) is 27.8. The Morgan fingerprint density at radius 2 is 1.66 bits per heavy atom. The molecule has 0 unspecified atom stereocenters. The number of Topliss-reactive ketones (excluding diaryl/α,β-unsaturated/α-hetero) is 1. The lowest BCUT2D eigenvalue weighted by atomic mass is 9.76. The van der Waals surface area contributed by atoms with Crippen molar-refractivity contribution in [3.63, 3.8) is 0 Å². The average Bonchev–Trinajstić information content (AvgIpc) is 2.82. The number of hydrogen-bond acceptors (Lipinski definition) is 9. The van der Waals surface area contributed by atoms with Gasteiger partial charge < -0.3 is 28.9 Å². The lowest BCUT2D eigenvalue weighted by Crippen LogP contribution is -2.60. The Morgan fingerprint density at radius 3 is 2.18 bits per heavy atom. The van der Waals surface area contributed by atoms with Crippen molar-refractivity contribution in [2.45, 2.75) is 102 Å². The number of ether oxygens (including phenoxy) is 2. The number of nitrogens with one attached hydrogen (secondary N) is 1. The molecular formula is C27H51INO8P. The molecule has 0 amide bonds. The van der Waals surface area contributed by atoms with Gasteiger partial charge in [0, 0.05) is 25.0 Å². The predicted octanol–water partition coefficient (Wildman–Crippen LogP) is 5.36. The largest absolute Gasteiger partial charge is 0.448 e. The average molecular weight is 676 g/mol. The molecule has 1 aliphatic heterocycles. The lowest BCUT2D eigenvalue weighted by Gasteiger charge is -2.41.